The number of nitrogens with zero attached hydrogens (tertiary/aromatic N) is 4. The van der Waals surface area contributed by atoms with E-state index in [1.165, 1.54) is 11.3 Å². The monoisotopic (exact) mass is 368 g/mol. The minimum atomic E-state index is 0.00671. The lowest BCUT2D eigenvalue weighted by atomic mass is 10.1. The van der Waals surface area contributed by atoms with Crippen molar-refractivity contribution in [2.45, 2.75) is 25.9 Å². The van der Waals surface area contributed by atoms with Crippen molar-refractivity contribution in [3.8, 4) is 10.9 Å². The molecule has 1 unspecified atom stereocenters. The first-order chi connectivity index (χ1) is 12.7. The first-order valence-electron chi connectivity index (χ1n) is 8.67. The standard InChI is InChI=1S/C19H20N4O2S/c1-14-17(26-19(21-14)22-10-2-3-11-22)18(24)23-12-4-5-16(13-23)25-15-6-8-20-9-7-15/h2-3,6-11,16H,4-5,12-13H2,1H3. The number of carbonyl (C=O) groups excluding carboxylic acids is 1. The average molecular weight is 368 g/mol. The van der Waals surface area contributed by atoms with Gasteiger partial charge in [-0.2, -0.15) is 0 Å². The van der Waals surface area contributed by atoms with E-state index in [1.807, 2.05) is 53.0 Å². The third kappa shape index (κ3) is 3.48. The number of thiazole rings is 1. The Balaban J connectivity index is 1.47. The summed E-state index contributed by atoms with van der Waals surface area (Å²) >= 11 is 1.44. The molecule has 4 rings (SSSR count). The highest BCUT2D eigenvalue weighted by molar-refractivity contribution is 7.16. The van der Waals surface area contributed by atoms with Gasteiger partial charge in [-0.1, -0.05) is 11.3 Å². The topological polar surface area (TPSA) is 60.2 Å². The molecule has 7 heteroatoms. The van der Waals surface area contributed by atoms with Crippen LogP contribution in [0.15, 0.2) is 49.1 Å². The van der Waals surface area contributed by atoms with Crippen LogP contribution in [0.1, 0.15) is 28.2 Å². The Morgan fingerprint density at radius 3 is 2.81 bits per heavy atom. The van der Waals surface area contributed by atoms with Gasteiger partial charge in [0.2, 0.25) is 0 Å². The number of aromatic nitrogens is 3. The van der Waals surface area contributed by atoms with E-state index in [0.29, 0.717) is 11.4 Å². The van der Waals surface area contributed by atoms with Crippen LogP contribution in [0.2, 0.25) is 0 Å². The van der Waals surface area contributed by atoms with Gasteiger partial charge in [-0.25, -0.2) is 4.98 Å². The second-order valence-corrected chi connectivity index (χ2v) is 7.29. The van der Waals surface area contributed by atoms with Gasteiger partial charge in [0.1, 0.15) is 16.7 Å². The Kier molecular flexibility index (Phi) is 4.71. The highest BCUT2D eigenvalue weighted by atomic mass is 32.1. The van der Waals surface area contributed by atoms with Crippen LogP contribution in [0.5, 0.6) is 5.75 Å². The summed E-state index contributed by atoms with van der Waals surface area (Å²) in [5.41, 5.74) is 0.779. The van der Waals surface area contributed by atoms with Crippen LogP contribution in [-0.2, 0) is 0 Å². The van der Waals surface area contributed by atoms with Crippen LogP contribution < -0.4 is 4.74 Å². The largest absolute Gasteiger partial charge is 0.488 e. The average Bonchev–Trinajstić information content (AvgIpc) is 3.32. The third-order valence-electron chi connectivity index (χ3n) is 4.42. The fraction of sp³-hybridized carbons (Fsp3) is 0.316. The zero-order valence-electron chi connectivity index (χ0n) is 14.5. The normalized spacial score (nSPS) is 17.3. The summed E-state index contributed by atoms with van der Waals surface area (Å²) in [7, 11) is 0. The zero-order valence-corrected chi connectivity index (χ0v) is 15.4. The van der Waals surface area contributed by atoms with Crippen molar-refractivity contribution in [2.75, 3.05) is 13.1 Å². The molecule has 1 aliphatic rings. The molecule has 1 amide bonds. The van der Waals surface area contributed by atoms with Gasteiger partial charge in [-0.15, -0.1) is 0 Å². The van der Waals surface area contributed by atoms with E-state index in [-0.39, 0.29) is 12.0 Å². The molecule has 3 aromatic heterocycles. The molecule has 0 spiro atoms. The number of amides is 1. The summed E-state index contributed by atoms with van der Waals surface area (Å²) in [4.78, 5) is 24.2. The van der Waals surface area contributed by atoms with Crippen LogP contribution in [0.3, 0.4) is 0 Å². The number of aryl methyl sites for hydroxylation is 1. The fourth-order valence-corrected chi connectivity index (χ4v) is 4.13. The Labute approximate surface area is 156 Å². The first-order valence-corrected chi connectivity index (χ1v) is 9.49. The number of piperidine rings is 1. The minimum absolute atomic E-state index is 0.00671. The third-order valence-corrected chi connectivity index (χ3v) is 5.58. The SMILES string of the molecule is Cc1nc(-n2cccc2)sc1C(=O)N1CCCC(Oc2ccncc2)C1. The van der Waals surface area contributed by atoms with Gasteiger partial charge >= 0.3 is 0 Å². The second kappa shape index (κ2) is 7.29. The van der Waals surface area contributed by atoms with Crippen LogP contribution >= 0.6 is 11.3 Å². The molecule has 134 valence electrons. The smallest absolute Gasteiger partial charge is 0.266 e. The van der Waals surface area contributed by atoms with Crippen LogP contribution in [-0.4, -0.2) is 44.5 Å². The number of hydrogen-bond donors (Lipinski definition) is 0. The Morgan fingerprint density at radius 1 is 1.27 bits per heavy atom. The molecule has 0 radical (unpaired) electrons. The Bertz CT molecular complexity index is 876. The summed E-state index contributed by atoms with van der Waals surface area (Å²) < 4.78 is 7.95. The van der Waals surface area contributed by atoms with E-state index in [2.05, 4.69) is 9.97 Å². The molecular formula is C19H20N4O2S. The van der Waals surface area contributed by atoms with Gasteiger partial charge < -0.3 is 14.2 Å². The Hall–Kier alpha value is -2.67. The van der Waals surface area contributed by atoms with Crippen molar-refractivity contribution < 1.29 is 9.53 Å². The molecule has 3 aromatic rings. The summed E-state index contributed by atoms with van der Waals surface area (Å²) in [6.07, 6.45) is 9.19. The lowest BCUT2D eigenvalue weighted by molar-refractivity contribution is 0.0541. The van der Waals surface area contributed by atoms with Crippen molar-refractivity contribution in [2.24, 2.45) is 0 Å². The number of hydrogen-bond acceptors (Lipinski definition) is 5. The van der Waals surface area contributed by atoms with E-state index >= 15 is 0 Å². The zero-order chi connectivity index (χ0) is 17.9. The molecule has 0 bridgehead atoms. The van der Waals surface area contributed by atoms with E-state index < -0.39 is 0 Å². The quantitative estimate of drug-likeness (QED) is 0.709. The van der Waals surface area contributed by atoms with Crippen molar-refractivity contribution >= 4 is 17.2 Å². The van der Waals surface area contributed by atoms with E-state index in [9.17, 15) is 4.79 Å². The van der Waals surface area contributed by atoms with Crippen molar-refractivity contribution in [1.82, 2.24) is 19.4 Å². The lowest BCUT2D eigenvalue weighted by Gasteiger charge is -2.32. The molecule has 0 saturated carbocycles. The molecule has 6 nitrogen and oxygen atoms in total. The molecule has 26 heavy (non-hydrogen) atoms. The molecule has 0 aromatic carbocycles. The van der Waals surface area contributed by atoms with Crippen molar-refractivity contribution in [3.63, 3.8) is 0 Å². The predicted molar refractivity (Wildman–Crippen MR) is 100.0 cm³/mol. The number of likely N-dealkylation sites (tertiary alicyclic amines) is 1. The highest BCUT2D eigenvalue weighted by Gasteiger charge is 2.28. The molecule has 1 aliphatic heterocycles. The molecule has 1 fully saturated rings. The molecular weight excluding hydrogens is 348 g/mol. The van der Waals surface area contributed by atoms with Gasteiger partial charge in [0.05, 0.1) is 12.2 Å². The highest BCUT2D eigenvalue weighted by Crippen LogP contribution is 2.25. The maximum absolute atomic E-state index is 13.0. The van der Waals surface area contributed by atoms with Gasteiger partial charge in [-0.05, 0) is 44.0 Å². The summed E-state index contributed by atoms with van der Waals surface area (Å²) in [5, 5.41) is 0.817. The van der Waals surface area contributed by atoms with Gasteiger partial charge in [-0.3, -0.25) is 9.78 Å². The summed E-state index contributed by atoms with van der Waals surface area (Å²) in [5.74, 6) is 0.838. The maximum atomic E-state index is 13.0. The summed E-state index contributed by atoms with van der Waals surface area (Å²) in [6, 6.07) is 7.59. The van der Waals surface area contributed by atoms with Crippen LogP contribution in [0.25, 0.3) is 5.13 Å². The summed E-state index contributed by atoms with van der Waals surface area (Å²) in [6.45, 7) is 3.24. The van der Waals surface area contributed by atoms with E-state index in [1.54, 1.807) is 12.4 Å². The van der Waals surface area contributed by atoms with Gasteiger partial charge in [0.15, 0.2) is 5.13 Å². The number of ether oxygens (including phenoxy) is 1. The van der Waals surface area contributed by atoms with E-state index in [0.717, 1.165) is 36.0 Å². The molecule has 1 saturated heterocycles. The molecule has 0 N–H and O–H groups in total. The van der Waals surface area contributed by atoms with Gasteiger partial charge in [0, 0.05) is 31.3 Å². The Morgan fingerprint density at radius 2 is 2.04 bits per heavy atom. The molecule has 1 atom stereocenters. The fourth-order valence-electron chi connectivity index (χ4n) is 3.12. The van der Waals surface area contributed by atoms with Crippen molar-refractivity contribution in [3.05, 3.63) is 59.6 Å². The first kappa shape index (κ1) is 16.8. The minimum Gasteiger partial charge on any atom is -0.488 e. The molecule has 0 aliphatic carbocycles. The maximum Gasteiger partial charge on any atom is 0.266 e. The van der Waals surface area contributed by atoms with Crippen LogP contribution in [0, 0.1) is 6.92 Å². The predicted octanol–water partition coefficient (Wildman–Crippen LogP) is 3.32. The lowest BCUT2D eigenvalue weighted by Crippen LogP contribution is -2.44. The number of rotatable bonds is 4. The van der Waals surface area contributed by atoms with Crippen molar-refractivity contribution in [1.29, 1.82) is 0 Å². The molecule has 4 heterocycles. The second-order valence-electron chi connectivity index (χ2n) is 6.32. The van der Waals surface area contributed by atoms with Crippen LogP contribution in [0.4, 0.5) is 0 Å². The number of pyridine rings is 1. The number of carbonyl (C=O) groups is 1. The van der Waals surface area contributed by atoms with E-state index in [4.69, 9.17) is 4.74 Å². The van der Waals surface area contributed by atoms with Gasteiger partial charge in [0.25, 0.3) is 5.91 Å².